The predicted octanol–water partition coefficient (Wildman–Crippen LogP) is 4.82. The number of halogens is 2. The van der Waals surface area contributed by atoms with Gasteiger partial charge in [-0.1, -0.05) is 69.6 Å². The van der Waals surface area contributed by atoms with Gasteiger partial charge in [0.15, 0.2) is 6.61 Å². The van der Waals surface area contributed by atoms with E-state index in [0.29, 0.717) is 28.4 Å². The molecule has 2 aromatic carbocycles. The molecule has 0 N–H and O–H groups in total. The fourth-order valence-electron chi connectivity index (χ4n) is 2.26. The Morgan fingerprint density at radius 1 is 1.21 bits per heavy atom. The molecule has 0 aliphatic carbocycles. The molecular weight excluding hydrogens is 466 g/mol. The van der Waals surface area contributed by atoms with Crippen LogP contribution in [0.15, 0.2) is 62.6 Å². The van der Waals surface area contributed by atoms with Gasteiger partial charge in [0.05, 0.1) is 10.8 Å². The molecular formula is C19H17BrClN3O3S. The number of ether oxygens (including phenoxy) is 1. The lowest BCUT2D eigenvalue weighted by Gasteiger charge is -2.17. The van der Waals surface area contributed by atoms with Crippen LogP contribution in [0.5, 0.6) is 5.75 Å². The van der Waals surface area contributed by atoms with Crippen molar-refractivity contribution in [3.63, 3.8) is 0 Å². The SMILES string of the molecule is CN(Cc1ccccc1Br)C(=O)CSc1nnc(COc2ccccc2Cl)o1. The lowest BCUT2D eigenvalue weighted by Crippen LogP contribution is -2.27. The predicted molar refractivity (Wildman–Crippen MR) is 111 cm³/mol. The van der Waals surface area contributed by atoms with Gasteiger partial charge in [-0.15, -0.1) is 10.2 Å². The summed E-state index contributed by atoms with van der Waals surface area (Å²) in [4.78, 5) is 14.0. The highest BCUT2D eigenvalue weighted by atomic mass is 79.9. The van der Waals surface area contributed by atoms with Gasteiger partial charge < -0.3 is 14.1 Å². The number of rotatable bonds is 8. The summed E-state index contributed by atoms with van der Waals surface area (Å²) in [5.74, 6) is 1.03. The molecule has 0 fully saturated rings. The van der Waals surface area contributed by atoms with E-state index in [1.807, 2.05) is 36.4 Å². The molecule has 0 bridgehead atoms. The summed E-state index contributed by atoms with van der Waals surface area (Å²) in [5, 5.41) is 8.69. The summed E-state index contributed by atoms with van der Waals surface area (Å²) >= 11 is 10.7. The highest BCUT2D eigenvalue weighted by Gasteiger charge is 2.14. The van der Waals surface area contributed by atoms with Crippen LogP contribution in [-0.4, -0.2) is 33.8 Å². The van der Waals surface area contributed by atoms with E-state index in [1.165, 1.54) is 11.8 Å². The van der Waals surface area contributed by atoms with Crippen molar-refractivity contribution in [1.29, 1.82) is 0 Å². The average Bonchev–Trinajstić information content (AvgIpc) is 3.15. The molecule has 3 aromatic rings. The first-order valence-corrected chi connectivity index (χ1v) is 10.5. The summed E-state index contributed by atoms with van der Waals surface area (Å²) < 4.78 is 12.0. The maximum absolute atomic E-state index is 12.3. The highest BCUT2D eigenvalue weighted by molar-refractivity contribution is 9.10. The third-order valence-corrected chi connectivity index (χ3v) is 5.64. The molecule has 0 radical (unpaired) electrons. The zero-order chi connectivity index (χ0) is 19.9. The standard InChI is InChI=1S/C19H17BrClN3O3S/c1-24(10-13-6-2-3-7-14(13)20)18(25)12-28-19-23-22-17(27-19)11-26-16-9-5-4-8-15(16)21/h2-9H,10-12H2,1H3. The van der Waals surface area contributed by atoms with E-state index in [1.54, 1.807) is 24.1 Å². The molecule has 1 amide bonds. The van der Waals surface area contributed by atoms with Gasteiger partial charge in [0.25, 0.3) is 11.1 Å². The Bertz CT molecular complexity index is 953. The maximum Gasteiger partial charge on any atom is 0.277 e. The third kappa shape index (κ3) is 5.73. The Labute approximate surface area is 180 Å². The van der Waals surface area contributed by atoms with E-state index in [0.717, 1.165) is 10.0 Å². The second kappa shape index (κ2) is 9.95. The van der Waals surface area contributed by atoms with Crippen LogP contribution in [0.1, 0.15) is 11.5 Å². The van der Waals surface area contributed by atoms with Crippen LogP contribution in [0.3, 0.4) is 0 Å². The maximum atomic E-state index is 12.3. The van der Waals surface area contributed by atoms with E-state index in [9.17, 15) is 4.79 Å². The van der Waals surface area contributed by atoms with Crippen molar-refractivity contribution in [2.45, 2.75) is 18.4 Å². The third-order valence-electron chi connectivity index (χ3n) is 3.75. The molecule has 0 aliphatic heterocycles. The van der Waals surface area contributed by atoms with Gasteiger partial charge in [-0.2, -0.15) is 0 Å². The molecule has 3 rings (SSSR count). The van der Waals surface area contributed by atoms with Gasteiger partial charge in [0.2, 0.25) is 5.91 Å². The molecule has 0 unspecified atom stereocenters. The Hall–Kier alpha value is -2.03. The zero-order valence-electron chi connectivity index (χ0n) is 15.0. The van der Waals surface area contributed by atoms with Gasteiger partial charge >= 0.3 is 0 Å². The fourth-order valence-corrected chi connectivity index (χ4v) is 3.58. The van der Waals surface area contributed by atoms with Crippen LogP contribution in [0.2, 0.25) is 5.02 Å². The van der Waals surface area contributed by atoms with Crippen molar-refractivity contribution in [3.8, 4) is 5.75 Å². The van der Waals surface area contributed by atoms with Crippen LogP contribution >= 0.6 is 39.3 Å². The molecule has 0 saturated carbocycles. The van der Waals surface area contributed by atoms with Crippen LogP contribution in [0.25, 0.3) is 0 Å². The van der Waals surface area contributed by atoms with E-state index in [2.05, 4.69) is 26.1 Å². The number of benzene rings is 2. The molecule has 0 spiro atoms. The summed E-state index contributed by atoms with van der Waals surface area (Å²) in [7, 11) is 1.76. The lowest BCUT2D eigenvalue weighted by atomic mass is 10.2. The van der Waals surface area contributed by atoms with Gasteiger partial charge in [-0.25, -0.2) is 0 Å². The highest BCUT2D eigenvalue weighted by Crippen LogP contribution is 2.24. The number of carbonyl (C=O) groups excluding carboxylic acids is 1. The minimum Gasteiger partial charge on any atom is -0.482 e. The summed E-state index contributed by atoms with van der Waals surface area (Å²) in [6.45, 7) is 0.620. The molecule has 6 nitrogen and oxygen atoms in total. The van der Waals surface area contributed by atoms with Crippen LogP contribution < -0.4 is 4.74 Å². The largest absolute Gasteiger partial charge is 0.482 e. The number of hydrogen-bond donors (Lipinski definition) is 0. The van der Waals surface area contributed by atoms with Crippen molar-refractivity contribution >= 4 is 45.2 Å². The number of thioether (sulfide) groups is 1. The fraction of sp³-hybridized carbons (Fsp3) is 0.211. The van der Waals surface area contributed by atoms with Crippen molar-refractivity contribution in [1.82, 2.24) is 15.1 Å². The summed E-state index contributed by atoms with van der Waals surface area (Å²) in [5.41, 5.74) is 1.04. The van der Waals surface area contributed by atoms with Gasteiger partial charge in [-0.05, 0) is 23.8 Å². The van der Waals surface area contributed by atoms with Crippen molar-refractivity contribution in [2.24, 2.45) is 0 Å². The minimum absolute atomic E-state index is 0.0344. The Morgan fingerprint density at radius 2 is 1.96 bits per heavy atom. The molecule has 146 valence electrons. The van der Waals surface area contributed by atoms with E-state index >= 15 is 0 Å². The number of carbonyl (C=O) groups is 1. The van der Waals surface area contributed by atoms with Crippen LogP contribution in [0, 0.1) is 0 Å². The molecule has 1 aromatic heterocycles. The second-order valence-corrected chi connectivity index (χ2v) is 8.00. The normalized spacial score (nSPS) is 10.7. The molecule has 9 heteroatoms. The molecule has 0 saturated heterocycles. The number of aromatic nitrogens is 2. The van der Waals surface area contributed by atoms with Crippen molar-refractivity contribution < 1.29 is 13.9 Å². The Morgan fingerprint density at radius 3 is 2.75 bits per heavy atom. The summed E-state index contributed by atoms with van der Waals surface area (Å²) in [6.07, 6.45) is 0. The van der Waals surface area contributed by atoms with Crippen LogP contribution in [0.4, 0.5) is 0 Å². The van der Waals surface area contributed by atoms with Gasteiger partial charge in [0, 0.05) is 18.1 Å². The molecule has 0 atom stereocenters. The quantitative estimate of drug-likeness (QED) is 0.429. The first-order valence-electron chi connectivity index (χ1n) is 8.33. The van der Waals surface area contributed by atoms with Crippen molar-refractivity contribution in [3.05, 3.63) is 69.5 Å². The average molecular weight is 483 g/mol. The number of para-hydroxylation sites is 1. The first kappa shape index (κ1) is 20.7. The summed E-state index contributed by atoms with van der Waals surface area (Å²) in [6, 6.07) is 15.0. The number of amides is 1. The zero-order valence-corrected chi connectivity index (χ0v) is 18.1. The van der Waals surface area contributed by atoms with Gasteiger partial charge in [0.1, 0.15) is 5.75 Å². The molecule has 28 heavy (non-hydrogen) atoms. The minimum atomic E-state index is -0.0344. The topological polar surface area (TPSA) is 68.5 Å². The Kier molecular flexibility index (Phi) is 7.36. The molecule has 0 aliphatic rings. The van der Waals surface area contributed by atoms with Gasteiger partial charge in [-0.3, -0.25) is 4.79 Å². The Balaban J connectivity index is 1.48. The van der Waals surface area contributed by atoms with Crippen molar-refractivity contribution in [2.75, 3.05) is 12.8 Å². The van der Waals surface area contributed by atoms with E-state index in [-0.39, 0.29) is 18.3 Å². The number of nitrogens with zero attached hydrogens (tertiary/aromatic N) is 3. The monoisotopic (exact) mass is 481 g/mol. The smallest absolute Gasteiger partial charge is 0.277 e. The van der Waals surface area contributed by atoms with E-state index < -0.39 is 0 Å². The second-order valence-electron chi connectivity index (χ2n) is 5.81. The number of hydrogen-bond acceptors (Lipinski definition) is 6. The van der Waals surface area contributed by atoms with Crippen LogP contribution in [-0.2, 0) is 17.9 Å². The van der Waals surface area contributed by atoms with E-state index in [4.69, 9.17) is 20.8 Å². The molecule has 1 heterocycles. The first-order chi connectivity index (χ1) is 13.5. The lowest BCUT2D eigenvalue weighted by molar-refractivity contribution is -0.127.